The summed E-state index contributed by atoms with van der Waals surface area (Å²) in [5.74, 6) is -0.276. The Hall–Kier alpha value is -2.88. The maximum absolute atomic E-state index is 13.7. The Bertz CT molecular complexity index is 790. The molecule has 3 nitrogen and oxygen atoms in total. The van der Waals surface area contributed by atoms with E-state index >= 15 is 0 Å². The molecule has 4 heteroatoms. The Morgan fingerprint density at radius 2 is 1.73 bits per heavy atom. The number of esters is 1. The number of hydrogen-bond acceptors (Lipinski definition) is 3. The van der Waals surface area contributed by atoms with Crippen LogP contribution in [0.4, 0.5) is 4.39 Å². The predicted molar refractivity (Wildman–Crippen MR) is 80.9 cm³/mol. The van der Waals surface area contributed by atoms with Crippen molar-refractivity contribution < 1.29 is 18.3 Å². The normalized spacial score (nSPS) is 10.5. The molecule has 0 aliphatic carbocycles. The van der Waals surface area contributed by atoms with Crippen LogP contribution in [0.15, 0.2) is 65.3 Å². The molecule has 22 heavy (non-hydrogen) atoms. The van der Waals surface area contributed by atoms with Crippen molar-refractivity contribution in [2.75, 3.05) is 7.11 Å². The molecule has 0 radical (unpaired) electrons. The molecular formula is C18H13FO3. The van der Waals surface area contributed by atoms with Gasteiger partial charge in [-0.15, -0.1) is 0 Å². The van der Waals surface area contributed by atoms with Gasteiger partial charge in [-0.1, -0.05) is 24.3 Å². The second-order valence-corrected chi connectivity index (χ2v) is 4.77. The van der Waals surface area contributed by atoms with Crippen molar-refractivity contribution in [3.05, 3.63) is 72.2 Å². The lowest BCUT2D eigenvalue weighted by Gasteiger charge is -2.06. The van der Waals surface area contributed by atoms with Gasteiger partial charge in [0.15, 0.2) is 0 Å². The molecule has 2 aromatic carbocycles. The lowest BCUT2D eigenvalue weighted by Crippen LogP contribution is -2.02. The van der Waals surface area contributed by atoms with Crippen LogP contribution in [0.1, 0.15) is 10.4 Å². The van der Waals surface area contributed by atoms with Crippen LogP contribution in [-0.2, 0) is 4.74 Å². The van der Waals surface area contributed by atoms with E-state index in [1.165, 1.54) is 13.2 Å². The lowest BCUT2D eigenvalue weighted by molar-refractivity contribution is 0.0600. The molecule has 0 aliphatic heterocycles. The molecule has 0 aliphatic rings. The summed E-state index contributed by atoms with van der Waals surface area (Å²) in [6.45, 7) is 0. The predicted octanol–water partition coefficient (Wildman–Crippen LogP) is 4.54. The van der Waals surface area contributed by atoms with E-state index < -0.39 is 11.8 Å². The Kier molecular flexibility index (Phi) is 3.74. The maximum atomic E-state index is 13.7. The van der Waals surface area contributed by atoms with Crippen molar-refractivity contribution >= 4 is 5.97 Å². The van der Waals surface area contributed by atoms with Crippen molar-refractivity contribution in [1.82, 2.24) is 0 Å². The van der Waals surface area contributed by atoms with Gasteiger partial charge in [0.25, 0.3) is 0 Å². The monoisotopic (exact) mass is 296 g/mol. The Balaban J connectivity index is 1.97. The average Bonchev–Trinajstić information content (AvgIpc) is 3.08. The van der Waals surface area contributed by atoms with Gasteiger partial charge < -0.3 is 9.15 Å². The molecule has 0 amide bonds. The molecule has 0 N–H and O–H groups in total. The third-order valence-corrected chi connectivity index (χ3v) is 3.34. The molecule has 0 spiro atoms. The van der Waals surface area contributed by atoms with Crippen molar-refractivity contribution in [2.45, 2.75) is 0 Å². The number of ether oxygens (including phenoxy) is 1. The smallest absolute Gasteiger partial charge is 0.337 e. The van der Waals surface area contributed by atoms with E-state index in [1.54, 1.807) is 12.3 Å². The van der Waals surface area contributed by atoms with Crippen molar-refractivity contribution in [3.63, 3.8) is 0 Å². The van der Waals surface area contributed by atoms with E-state index in [4.69, 9.17) is 4.42 Å². The van der Waals surface area contributed by atoms with E-state index in [0.29, 0.717) is 5.56 Å². The highest BCUT2D eigenvalue weighted by Crippen LogP contribution is 2.26. The number of carbonyl (C=O) groups excluding carboxylic acids is 1. The first kappa shape index (κ1) is 14.1. The Morgan fingerprint density at radius 1 is 1.00 bits per heavy atom. The molecule has 0 atom stereocenters. The minimum absolute atomic E-state index is 0.188. The second-order valence-electron chi connectivity index (χ2n) is 4.77. The van der Waals surface area contributed by atoms with Gasteiger partial charge in [-0.2, -0.15) is 0 Å². The fourth-order valence-electron chi connectivity index (χ4n) is 2.26. The molecule has 0 unspecified atom stereocenters. The average molecular weight is 296 g/mol. The van der Waals surface area contributed by atoms with Crippen LogP contribution in [-0.4, -0.2) is 13.1 Å². The molecule has 3 aromatic rings. The zero-order valence-corrected chi connectivity index (χ0v) is 11.9. The number of halogens is 1. The maximum Gasteiger partial charge on any atom is 0.337 e. The van der Waals surface area contributed by atoms with Crippen molar-refractivity contribution in [1.29, 1.82) is 0 Å². The first-order valence-electron chi connectivity index (χ1n) is 6.70. The van der Waals surface area contributed by atoms with Crippen molar-refractivity contribution in [2.24, 2.45) is 0 Å². The number of benzene rings is 2. The van der Waals surface area contributed by atoms with Crippen LogP contribution in [0.25, 0.3) is 22.5 Å². The summed E-state index contributed by atoms with van der Waals surface area (Å²) in [5.41, 5.74) is 2.54. The zero-order valence-electron chi connectivity index (χ0n) is 11.9. The van der Waals surface area contributed by atoms with E-state index in [1.807, 2.05) is 36.4 Å². The summed E-state index contributed by atoms with van der Waals surface area (Å²) in [7, 11) is 1.27. The summed E-state index contributed by atoms with van der Waals surface area (Å²) >= 11 is 0. The number of rotatable bonds is 3. The first-order valence-corrected chi connectivity index (χ1v) is 6.70. The van der Waals surface area contributed by atoms with Crippen LogP contribution < -0.4 is 0 Å². The third kappa shape index (κ3) is 2.76. The van der Waals surface area contributed by atoms with Gasteiger partial charge in [-0.3, -0.25) is 0 Å². The third-order valence-electron chi connectivity index (χ3n) is 3.34. The van der Waals surface area contributed by atoms with E-state index in [-0.39, 0.29) is 5.56 Å². The molecule has 3 rings (SSSR count). The van der Waals surface area contributed by atoms with Crippen LogP contribution in [0.2, 0.25) is 0 Å². The molecular weight excluding hydrogens is 283 g/mol. The van der Waals surface area contributed by atoms with E-state index in [0.717, 1.165) is 23.0 Å². The lowest BCUT2D eigenvalue weighted by atomic mass is 10.0. The highest BCUT2D eigenvalue weighted by Gasteiger charge is 2.10. The summed E-state index contributed by atoms with van der Waals surface area (Å²) in [5, 5.41) is 0. The van der Waals surface area contributed by atoms with Gasteiger partial charge in [0.2, 0.25) is 0 Å². The number of furan rings is 1. The quantitative estimate of drug-likeness (QED) is 0.666. The molecule has 0 bridgehead atoms. The first-order chi connectivity index (χ1) is 10.7. The summed E-state index contributed by atoms with van der Waals surface area (Å²) in [6, 6.07) is 15.3. The molecule has 0 saturated carbocycles. The number of carbonyl (C=O) groups is 1. The minimum Gasteiger partial charge on any atom is -0.465 e. The molecule has 1 aromatic heterocycles. The second kappa shape index (κ2) is 5.85. The zero-order chi connectivity index (χ0) is 15.5. The van der Waals surface area contributed by atoms with Crippen molar-refractivity contribution in [3.8, 4) is 22.5 Å². The Morgan fingerprint density at radius 3 is 2.36 bits per heavy atom. The number of hydrogen-bond donors (Lipinski definition) is 0. The molecule has 0 fully saturated rings. The van der Waals surface area contributed by atoms with Crippen LogP contribution in [0.3, 0.4) is 0 Å². The summed E-state index contributed by atoms with van der Waals surface area (Å²) in [6.07, 6.45) is 1.61. The largest absolute Gasteiger partial charge is 0.465 e. The molecule has 110 valence electrons. The van der Waals surface area contributed by atoms with Gasteiger partial charge in [-0.25, -0.2) is 9.18 Å². The summed E-state index contributed by atoms with van der Waals surface area (Å²) in [4.78, 5) is 11.6. The topological polar surface area (TPSA) is 39.4 Å². The van der Waals surface area contributed by atoms with Gasteiger partial charge >= 0.3 is 5.97 Å². The minimum atomic E-state index is -0.562. The van der Waals surface area contributed by atoms with Gasteiger partial charge in [-0.05, 0) is 41.5 Å². The van der Waals surface area contributed by atoms with Crippen LogP contribution in [0.5, 0.6) is 0 Å². The SMILES string of the molecule is COC(=O)c1cc(F)cc(-c2ccc(-c3ccco3)cc2)c1. The van der Waals surface area contributed by atoms with Gasteiger partial charge in [0.1, 0.15) is 11.6 Å². The van der Waals surface area contributed by atoms with Crippen LogP contribution >= 0.6 is 0 Å². The van der Waals surface area contributed by atoms with E-state index in [9.17, 15) is 9.18 Å². The highest BCUT2D eigenvalue weighted by molar-refractivity contribution is 5.91. The van der Waals surface area contributed by atoms with Crippen LogP contribution in [0, 0.1) is 5.82 Å². The fraction of sp³-hybridized carbons (Fsp3) is 0.0556. The van der Waals surface area contributed by atoms with E-state index in [2.05, 4.69) is 4.74 Å². The fourth-order valence-corrected chi connectivity index (χ4v) is 2.26. The Labute approximate surface area is 127 Å². The van der Waals surface area contributed by atoms with Gasteiger partial charge in [0.05, 0.1) is 18.9 Å². The standard InChI is InChI=1S/C18H13FO3/c1-21-18(20)15-9-14(10-16(19)11-15)12-4-6-13(7-5-12)17-3-2-8-22-17/h2-11H,1H3. The highest BCUT2D eigenvalue weighted by atomic mass is 19.1. The molecule has 1 heterocycles. The molecule has 0 saturated heterocycles. The summed E-state index contributed by atoms with van der Waals surface area (Å²) < 4.78 is 23.7. The number of methoxy groups -OCH3 is 1. The van der Waals surface area contributed by atoms with Gasteiger partial charge in [0, 0.05) is 5.56 Å².